The molecule has 0 bridgehead atoms. The van der Waals surface area contributed by atoms with Gasteiger partial charge in [-0.1, -0.05) is 49.7 Å². The number of methoxy groups -OCH3 is 1. The van der Waals surface area contributed by atoms with E-state index in [9.17, 15) is 13.2 Å². The summed E-state index contributed by atoms with van der Waals surface area (Å²) in [5, 5.41) is 2.97. The molecule has 7 heteroatoms. The van der Waals surface area contributed by atoms with Gasteiger partial charge in [0.1, 0.15) is 12.3 Å². The quantitative estimate of drug-likeness (QED) is 0.483. The van der Waals surface area contributed by atoms with E-state index in [4.69, 9.17) is 4.74 Å². The van der Waals surface area contributed by atoms with E-state index in [0.717, 1.165) is 39.5 Å². The highest BCUT2D eigenvalue weighted by molar-refractivity contribution is 7.92. The van der Waals surface area contributed by atoms with E-state index in [1.54, 1.807) is 24.3 Å². The van der Waals surface area contributed by atoms with Crippen LogP contribution >= 0.6 is 0 Å². The summed E-state index contributed by atoms with van der Waals surface area (Å²) < 4.78 is 33.4. The molecule has 0 fully saturated rings. The van der Waals surface area contributed by atoms with Crippen molar-refractivity contribution in [3.8, 4) is 5.75 Å². The van der Waals surface area contributed by atoms with E-state index in [2.05, 4.69) is 5.32 Å². The number of carbonyl (C=O) groups is 1. The van der Waals surface area contributed by atoms with Crippen molar-refractivity contribution in [3.05, 3.63) is 83.4 Å². The van der Waals surface area contributed by atoms with Crippen molar-refractivity contribution in [3.63, 3.8) is 0 Å². The molecule has 0 aliphatic rings. The monoisotopic (exact) mass is 466 g/mol. The van der Waals surface area contributed by atoms with Gasteiger partial charge in [-0.3, -0.25) is 9.10 Å². The summed E-state index contributed by atoms with van der Waals surface area (Å²) in [4.78, 5) is 13.2. The van der Waals surface area contributed by atoms with E-state index in [1.807, 2.05) is 51.1 Å². The molecule has 0 aliphatic carbocycles. The van der Waals surface area contributed by atoms with Gasteiger partial charge in [0.15, 0.2) is 0 Å². The van der Waals surface area contributed by atoms with Crippen LogP contribution in [-0.4, -0.2) is 28.0 Å². The maximum absolute atomic E-state index is 13.6. The Hall–Kier alpha value is -3.32. The summed E-state index contributed by atoms with van der Waals surface area (Å²) in [5.74, 6) is 0.153. The predicted octanol–water partition coefficient (Wildman–Crippen LogP) is 4.96. The Kier molecular flexibility index (Phi) is 7.76. The first-order valence-corrected chi connectivity index (χ1v) is 12.4. The standard InChI is InChI=1S/C26H30N2O4S/c1-5-20-8-7-9-21(6-2)26(20)27-25(29)18-28(22-12-10-19(3)11-13-22)33(30,31)24-16-14-23(32-4)15-17-24/h7-17H,5-6,18H2,1-4H3,(H,27,29). The largest absolute Gasteiger partial charge is 0.497 e. The summed E-state index contributed by atoms with van der Waals surface area (Å²) in [7, 11) is -2.47. The van der Waals surface area contributed by atoms with Crippen molar-refractivity contribution in [2.45, 2.75) is 38.5 Å². The van der Waals surface area contributed by atoms with E-state index < -0.39 is 15.9 Å². The Morgan fingerprint density at radius 2 is 1.48 bits per heavy atom. The van der Waals surface area contributed by atoms with E-state index in [0.29, 0.717) is 11.4 Å². The van der Waals surface area contributed by atoms with Gasteiger partial charge in [-0.25, -0.2) is 8.42 Å². The molecule has 3 aromatic rings. The fourth-order valence-electron chi connectivity index (χ4n) is 3.61. The van der Waals surface area contributed by atoms with Gasteiger partial charge in [0.25, 0.3) is 10.0 Å². The number of carbonyl (C=O) groups excluding carboxylic acids is 1. The van der Waals surface area contributed by atoms with Crippen LogP contribution in [0.3, 0.4) is 0 Å². The first kappa shape index (κ1) is 24.3. The Morgan fingerprint density at radius 1 is 0.909 bits per heavy atom. The highest BCUT2D eigenvalue weighted by Crippen LogP contribution is 2.27. The Morgan fingerprint density at radius 3 is 2.00 bits per heavy atom. The molecule has 0 aromatic heterocycles. The van der Waals surface area contributed by atoms with Gasteiger partial charge >= 0.3 is 0 Å². The Labute approximate surface area is 196 Å². The second-order valence-corrected chi connectivity index (χ2v) is 9.59. The number of benzene rings is 3. The van der Waals surface area contributed by atoms with Crippen LogP contribution in [-0.2, 0) is 27.7 Å². The Bertz CT molecular complexity index is 1180. The lowest BCUT2D eigenvalue weighted by Crippen LogP contribution is -2.38. The van der Waals surface area contributed by atoms with Gasteiger partial charge in [-0.05, 0) is 67.3 Å². The first-order valence-electron chi connectivity index (χ1n) is 10.9. The summed E-state index contributed by atoms with van der Waals surface area (Å²) in [6, 6.07) is 19.1. The van der Waals surface area contributed by atoms with Crippen molar-refractivity contribution >= 4 is 27.3 Å². The highest BCUT2D eigenvalue weighted by atomic mass is 32.2. The third-order valence-corrected chi connectivity index (χ3v) is 7.31. The van der Waals surface area contributed by atoms with Gasteiger partial charge in [0.05, 0.1) is 17.7 Å². The van der Waals surface area contributed by atoms with Crippen LogP contribution in [0.1, 0.15) is 30.5 Å². The Balaban J connectivity index is 1.97. The molecule has 1 N–H and O–H groups in total. The molecular weight excluding hydrogens is 436 g/mol. The lowest BCUT2D eigenvalue weighted by Gasteiger charge is -2.25. The SMILES string of the molecule is CCc1cccc(CC)c1NC(=O)CN(c1ccc(C)cc1)S(=O)(=O)c1ccc(OC)cc1. The van der Waals surface area contributed by atoms with Gasteiger partial charge in [0.2, 0.25) is 5.91 Å². The van der Waals surface area contributed by atoms with Crippen LogP contribution in [0.4, 0.5) is 11.4 Å². The molecule has 3 aromatic carbocycles. The second-order valence-electron chi connectivity index (χ2n) is 7.73. The zero-order valence-electron chi connectivity index (χ0n) is 19.5. The summed E-state index contributed by atoms with van der Waals surface area (Å²) in [6.45, 7) is 5.62. The minimum atomic E-state index is -3.99. The topological polar surface area (TPSA) is 75.7 Å². The smallest absolute Gasteiger partial charge is 0.264 e. The van der Waals surface area contributed by atoms with E-state index in [1.165, 1.54) is 19.2 Å². The third kappa shape index (κ3) is 5.54. The van der Waals surface area contributed by atoms with Crippen LogP contribution in [0.15, 0.2) is 71.6 Å². The van der Waals surface area contributed by atoms with Crippen molar-refractivity contribution in [2.24, 2.45) is 0 Å². The summed E-state index contributed by atoms with van der Waals surface area (Å²) >= 11 is 0. The van der Waals surface area contributed by atoms with Crippen LogP contribution in [0.5, 0.6) is 5.75 Å². The van der Waals surface area contributed by atoms with Crippen LogP contribution in [0, 0.1) is 6.92 Å². The molecule has 6 nitrogen and oxygen atoms in total. The number of rotatable bonds is 9. The number of ether oxygens (including phenoxy) is 1. The summed E-state index contributed by atoms with van der Waals surface area (Å²) in [6.07, 6.45) is 1.52. The van der Waals surface area contributed by atoms with Crippen LogP contribution < -0.4 is 14.4 Å². The number of hydrogen-bond acceptors (Lipinski definition) is 4. The molecule has 0 spiro atoms. The average Bonchev–Trinajstić information content (AvgIpc) is 2.83. The maximum atomic E-state index is 13.6. The molecule has 1 amide bonds. The van der Waals surface area contributed by atoms with Crippen LogP contribution in [0.2, 0.25) is 0 Å². The molecule has 174 valence electrons. The van der Waals surface area contributed by atoms with E-state index >= 15 is 0 Å². The summed E-state index contributed by atoms with van der Waals surface area (Å²) in [5.41, 5.74) is 4.21. The number of nitrogens with one attached hydrogen (secondary N) is 1. The molecule has 0 saturated heterocycles. The van der Waals surface area contributed by atoms with Crippen molar-refractivity contribution in [2.75, 3.05) is 23.3 Å². The highest BCUT2D eigenvalue weighted by Gasteiger charge is 2.27. The van der Waals surface area contributed by atoms with E-state index in [-0.39, 0.29) is 11.4 Å². The normalized spacial score (nSPS) is 11.2. The number of amides is 1. The number of nitrogens with zero attached hydrogens (tertiary/aromatic N) is 1. The molecule has 3 rings (SSSR count). The number of sulfonamides is 1. The number of para-hydroxylation sites is 1. The fourth-order valence-corrected chi connectivity index (χ4v) is 5.03. The minimum Gasteiger partial charge on any atom is -0.497 e. The predicted molar refractivity (Wildman–Crippen MR) is 133 cm³/mol. The van der Waals surface area contributed by atoms with Crippen molar-refractivity contribution < 1.29 is 17.9 Å². The maximum Gasteiger partial charge on any atom is 0.264 e. The molecule has 33 heavy (non-hydrogen) atoms. The second kappa shape index (κ2) is 10.5. The van der Waals surface area contributed by atoms with Crippen molar-refractivity contribution in [1.29, 1.82) is 0 Å². The lowest BCUT2D eigenvalue weighted by molar-refractivity contribution is -0.114. The molecule has 0 radical (unpaired) electrons. The van der Waals surface area contributed by atoms with Crippen molar-refractivity contribution in [1.82, 2.24) is 0 Å². The first-order chi connectivity index (χ1) is 15.8. The molecule has 0 heterocycles. The molecule has 0 unspecified atom stereocenters. The number of aryl methyl sites for hydroxylation is 3. The third-order valence-electron chi connectivity index (χ3n) is 5.52. The van der Waals surface area contributed by atoms with Crippen LogP contribution in [0.25, 0.3) is 0 Å². The lowest BCUT2D eigenvalue weighted by atomic mass is 10.0. The molecule has 0 saturated carbocycles. The van der Waals surface area contributed by atoms with Gasteiger partial charge in [0, 0.05) is 5.69 Å². The zero-order chi connectivity index (χ0) is 24.0. The van der Waals surface area contributed by atoms with Gasteiger partial charge in [-0.15, -0.1) is 0 Å². The number of hydrogen-bond donors (Lipinski definition) is 1. The molecule has 0 atom stereocenters. The molecular formula is C26H30N2O4S. The van der Waals surface area contributed by atoms with Gasteiger partial charge in [-0.2, -0.15) is 0 Å². The minimum absolute atomic E-state index is 0.0832. The number of anilines is 2. The molecule has 0 aliphatic heterocycles. The average molecular weight is 467 g/mol. The van der Waals surface area contributed by atoms with Gasteiger partial charge < -0.3 is 10.1 Å². The zero-order valence-corrected chi connectivity index (χ0v) is 20.3. The fraction of sp³-hybridized carbons (Fsp3) is 0.269.